The van der Waals surface area contributed by atoms with Gasteiger partial charge in [-0.15, -0.1) is 0 Å². The van der Waals surface area contributed by atoms with E-state index in [9.17, 15) is 9.59 Å². The van der Waals surface area contributed by atoms with E-state index in [-0.39, 0.29) is 24.2 Å². The quantitative estimate of drug-likeness (QED) is 0.919. The van der Waals surface area contributed by atoms with Crippen LogP contribution in [0.5, 0.6) is 0 Å². The van der Waals surface area contributed by atoms with Gasteiger partial charge >= 0.3 is 0 Å². The van der Waals surface area contributed by atoms with Crippen molar-refractivity contribution in [3.63, 3.8) is 0 Å². The van der Waals surface area contributed by atoms with Crippen molar-refractivity contribution < 1.29 is 9.59 Å². The van der Waals surface area contributed by atoms with Crippen molar-refractivity contribution >= 4 is 17.5 Å². The first-order chi connectivity index (χ1) is 10.6. The molecule has 1 aromatic heterocycles. The Morgan fingerprint density at radius 3 is 2.82 bits per heavy atom. The van der Waals surface area contributed by atoms with E-state index < -0.39 is 0 Å². The molecule has 2 aromatic rings. The number of nitrogens with one attached hydrogen (secondary N) is 1. The molecular weight excluding hydrogens is 280 g/mol. The number of carbonyl (C=O) groups excluding carboxylic acids is 2. The Balaban J connectivity index is 1.59. The summed E-state index contributed by atoms with van der Waals surface area (Å²) in [6.07, 6.45) is 3.67. The molecule has 0 aliphatic carbocycles. The Labute approximate surface area is 128 Å². The Morgan fingerprint density at radius 2 is 2.14 bits per heavy atom. The molecule has 0 radical (unpaired) electrons. The molecule has 114 valence electrons. The molecule has 0 bridgehead atoms. The van der Waals surface area contributed by atoms with Crippen molar-refractivity contribution in [2.75, 3.05) is 11.4 Å². The number of hydrogen-bond acceptors (Lipinski definition) is 3. The predicted octanol–water partition coefficient (Wildman–Crippen LogP) is 1.09. The lowest BCUT2D eigenvalue weighted by molar-refractivity contribution is -0.126. The average Bonchev–Trinajstić information content (AvgIpc) is 3.11. The molecule has 0 spiro atoms. The molecule has 0 saturated carbocycles. The average molecular weight is 298 g/mol. The van der Waals surface area contributed by atoms with E-state index >= 15 is 0 Å². The van der Waals surface area contributed by atoms with Crippen LogP contribution in [-0.4, -0.2) is 28.1 Å². The lowest BCUT2D eigenvalue weighted by Gasteiger charge is -2.14. The number of hydrogen-bond donors (Lipinski definition) is 1. The molecule has 1 atom stereocenters. The molecule has 1 N–H and O–H groups in total. The maximum atomic E-state index is 12.2. The second-order valence-electron chi connectivity index (χ2n) is 5.48. The van der Waals surface area contributed by atoms with Crippen LogP contribution in [0.4, 0.5) is 5.69 Å². The summed E-state index contributed by atoms with van der Waals surface area (Å²) in [5.41, 5.74) is 1.79. The zero-order valence-electron chi connectivity index (χ0n) is 12.4. The van der Waals surface area contributed by atoms with E-state index in [1.54, 1.807) is 29.0 Å². The SMILES string of the molecule is Cn1cc(N2CC(C(=O)NCc3ccccc3)CC2=O)cn1. The van der Waals surface area contributed by atoms with Gasteiger partial charge in [0.05, 0.1) is 17.8 Å². The highest BCUT2D eigenvalue weighted by molar-refractivity contribution is 6.00. The molecule has 1 aliphatic rings. The van der Waals surface area contributed by atoms with Crippen molar-refractivity contribution in [1.29, 1.82) is 0 Å². The molecule has 6 heteroatoms. The van der Waals surface area contributed by atoms with Crippen LogP contribution in [0.3, 0.4) is 0 Å². The van der Waals surface area contributed by atoms with Gasteiger partial charge in [0, 0.05) is 32.8 Å². The second kappa shape index (κ2) is 6.01. The minimum atomic E-state index is -0.309. The zero-order valence-corrected chi connectivity index (χ0v) is 12.4. The first-order valence-corrected chi connectivity index (χ1v) is 7.24. The summed E-state index contributed by atoms with van der Waals surface area (Å²) >= 11 is 0. The van der Waals surface area contributed by atoms with Gasteiger partial charge in [-0.2, -0.15) is 5.10 Å². The first kappa shape index (κ1) is 14.3. The van der Waals surface area contributed by atoms with Crippen LogP contribution in [0.2, 0.25) is 0 Å². The number of rotatable bonds is 4. The Hall–Kier alpha value is -2.63. The Kier molecular flexibility index (Phi) is 3.91. The van der Waals surface area contributed by atoms with Crippen LogP contribution in [0, 0.1) is 5.92 Å². The third-order valence-electron chi connectivity index (χ3n) is 3.81. The molecule has 2 amide bonds. The van der Waals surface area contributed by atoms with Crippen molar-refractivity contribution in [2.45, 2.75) is 13.0 Å². The fraction of sp³-hybridized carbons (Fsp3) is 0.312. The van der Waals surface area contributed by atoms with Crippen LogP contribution < -0.4 is 10.2 Å². The maximum absolute atomic E-state index is 12.2. The van der Waals surface area contributed by atoms with Gasteiger partial charge in [-0.1, -0.05) is 30.3 Å². The zero-order chi connectivity index (χ0) is 15.5. The molecule has 1 fully saturated rings. The second-order valence-corrected chi connectivity index (χ2v) is 5.48. The van der Waals surface area contributed by atoms with Crippen molar-refractivity contribution in [3.05, 3.63) is 48.3 Å². The topological polar surface area (TPSA) is 67.2 Å². The van der Waals surface area contributed by atoms with Gasteiger partial charge < -0.3 is 10.2 Å². The van der Waals surface area contributed by atoms with Crippen molar-refractivity contribution in [1.82, 2.24) is 15.1 Å². The highest BCUT2D eigenvalue weighted by atomic mass is 16.2. The molecule has 1 aliphatic heterocycles. The molecule has 22 heavy (non-hydrogen) atoms. The summed E-state index contributed by atoms with van der Waals surface area (Å²) in [7, 11) is 1.80. The third kappa shape index (κ3) is 3.00. The standard InChI is InChI=1S/C16H18N4O2/c1-19-11-14(9-18-19)20-10-13(7-15(20)21)16(22)17-8-12-5-3-2-4-6-12/h2-6,9,11,13H,7-8,10H2,1H3,(H,17,22). The molecule has 2 heterocycles. The number of carbonyl (C=O) groups is 2. The Morgan fingerprint density at radius 1 is 1.36 bits per heavy atom. The predicted molar refractivity (Wildman–Crippen MR) is 82.0 cm³/mol. The van der Waals surface area contributed by atoms with E-state index in [0.29, 0.717) is 13.1 Å². The number of nitrogens with zero attached hydrogens (tertiary/aromatic N) is 3. The van der Waals surface area contributed by atoms with Crippen LogP contribution in [0.15, 0.2) is 42.7 Å². The fourth-order valence-electron chi connectivity index (χ4n) is 2.61. The smallest absolute Gasteiger partial charge is 0.227 e. The van der Waals surface area contributed by atoms with Crippen LogP contribution >= 0.6 is 0 Å². The molecule has 6 nitrogen and oxygen atoms in total. The van der Waals surface area contributed by atoms with Gasteiger partial charge in [-0.25, -0.2) is 0 Å². The van der Waals surface area contributed by atoms with Crippen molar-refractivity contribution in [3.8, 4) is 0 Å². The van der Waals surface area contributed by atoms with E-state index in [1.807, 2.05) is 30.3 Å². The molecule has 1 aromatic carbocycles. The number of anilines is 1. The largest absolute Gasteiger partial charge is 0.352 e. The van der Waals surface area contributed by atoms with Crippen LogP contribution in [0.1, 0.15) is 12.0 Å². The summed E-state index contributed by atoms with van der Waals surface area (Å²) in [6, 6.07) is 9.73. The van der Waals surface area contributed by atoms with Gasteiger partial charge in [0.15, 0.2) is 0 Å². The van der Waals surface area contributed by atoms with Gasteiger partial charge in [0.2, 0.25) is 11.8 Å². The fourth-order valence-corrected chi connectivity index (χ4v) is 2.61. The highest BCUT2D eigenvalue weighted by Gasteiger charge is 2.35. The third-order valence-corrected chi connectivity index (χ3v) is 3.81. The number of amides is 2. The van der Waals surface area contributed by atoms with Crippen molar-refractivity contribution in [2.24, 2.45) is 13.0 Å². The van der Waals surface area contributed by atoms with E-state index in [0.717, 1.165) is 11.3 Å². The van der Waals surface area contributed by atoms with Gasteiger partial charge in [0.1, 0.15) is 0 Å². The molecule has 1 saturated heterocycles. The normalized spacial score (nSPS) is 17.8. The maximum Gasteiger partial charge on any atom is 0.227 e. The van der Waals surface area contributed by atoms with Crippen LogP contribution in [0.25, 0.3) is 0 Å². The lowest BCUT2D eigenvalue weighted by atomic mass is 10.1. The van der Waals surface area contributed by atoms with Gasteiger partial charge in [-0.05, 0) is 5.56 Å². The van der Waals surface area contributed by atoms with E-state index in [1.165, 1.54) is 0 Å². The summed E-state index contributed by atoms with van der Waals surface area (Å²) in [5.74, 6) is -0.423. The highest BCUT2D eigenvalue weighted by Crippen LogP contribution is 2.24. The minimum absolute atomic E-state index is 0.0344. The van der Waals surface area contributed by atoms with Gasteiger partial charge in [-0.3, -0.25) is 14.3 Å². The van der Waals surface area contributed by atoms with E-state index in [2.05, 4.69) is 10.4 Å². The van der Waals surface area contributed by atoms with Gasteiger partial charge in [0.25, 0.3) is 0 Å². The summed E-state index contributed by atoms with van der Waals surface area (Å²) in [5, 5.41) is 6.96. The monoisotopic (exact) mass is 298 g/mol. The molecular formula is C16H18N4O2. The Bertz CT molecular complexity index is 680. The minimum Gasteiger partial charge on any atom is -0.352 e. The summed E-state index contributed by atoms with van der Waals surface area (Å²) in [6.45, 7) is 0.891. The summed E-state index contributed by atoms with van der Waals surface area (Å²) in [4.78, 5) is 25.9. The van der Waals surface area contributed by atoms with Crippen LogP contribution in [-0.2, 0) is 23.2 Å². The number of aromatic nitrogens is 2. The van der Waals surface area contributed by atoms with E-state index in [4.69, 9.17) is 0 Å². The molecule has 1 unspecified atom stereocenters. The number of aryl methyl sites for hydroxylation is 1. The summed E-state index contributed by atoms with van der Waals surface area (Å²) < 4.78 is 1.64. The first-order valence-electron chi connectivity index (χ1n) is 7.24. The molecule has 3 rings (SSSR count). The number of benzene rings is 1. The lowest BCUT2D eigenvalue weighted by Crippen LogP contribution is -2.32.